The number of halogens is 2. The van der Waals surface area contributed by atoms with Gasteiger partial charge in [-0.25, -0.2) is 13.8 Å². The third kappa shape index (κ3) is 7.47. The zero-order valence-electron chi connectivity index (χ0n) is 22.4. The van der Waals surface area contributed by atoms with Crippen LogP contribution in [-0.4, -0.2) is 39.1 Å². The fourth-order valence-electron chi connectivity index (χ4n) is 3.84. The van der Waals surface area contributed by atoms with Crippen molar-refractivity contribution in [3.05, 3.63) is 111 Å². The molecule has 0 saturated heterocycles. The van der Waals surface area contributed by atoms with Crippen molar-refractivity contribution < 1.29 is 27.1 Å². The summed E-state index contributed by atoms with van der Waals surface area (Å²) < 4.78 is 44.7. The van der Waals surface area contributed by atoms with Crippen LogP contribution in [-0.2, 0) is 23.1 Å². The predicted octanol–water partition coefficient (Wildman–Crippen LogP) is 6.07. The molecule has 0 spiro atoms. The zero-order chi connectivity index (χ0) is 29.6. The Balaban J connectivity index is 1.51. The van der Waals surface area contributed by atoms with E-state index in [0.29, 0.717) is 44.2 Å². The fraction of sp³-hybridized carbons (Fsp3) is 0.172. The summed E-state index contributed by atoms with van der Waals surface area (Å²) in [6.07, 6.45) is 1.32. The lowest BCUT2D eigenvalue weighted by atomic mass is 10.2. The summed E-state index contributed by atoms with van der Waals surface area (Å²) in [4.78, 5) is 12.6. The van der Waals surface area contributed by atoms with Gasteiger partial charge in [-0.1, -0.05) is 47.0 Å². The van der Waals surface area contributed by atoms with Crippen molar-refractivity contribution in [2.75, 3.05) is 14.2 Å². The van der Waals surface area contributed by atoms with Crippen LogP contribution in [0.5, 0.6) is 11.5 Å². The molecule has 0 aliphatic heterocycles. The van der Waals surface area contributed by atoms with E-state index in [9.17, 15) is 13.2 Å². The number of aryl methyl sites for hydroxylation is 1. The summed E-state index contributed by atoms with van der Waals surface area (Å²) in [6, 6.07) is 19.5. The molecular formula is C29H27Cl2N3O6S. The number of nitrogens with zero attached hydrogens (tertiary/aromatic N) is 2. The van der Waals surface area contributed by atoms with E-state index in [1.54, 1.807) is 66.7 Å². The molecule has 4 aromatic rings. The highest BCUT2D eigenvalue weighted by molar-refractivity contribution is 7.89. The zero-order valence-corrected chi connectivity index (χ0v) is 24.8. The van der Waals surface area contributed by atoms with Crippen LogP contribution < -0.4 is 14.9 Å². The molecule has 0 aliphatic carbocycles. The Hall–Kier alpha value is -3.83. The molecule has 1 amide bonds. The Morgan fingerprint density at radius 3 is 2.37 bits per heavy atom. The monoisotopic (exact) mass is 615 g/mol. The highest BCUT2D eigenvalue weighted by atomic mass is 35.5. The third-order valence-electron chi connectivity index (χ3n) is 6.04. The molecule has 0 bridgehead atoms. The maximum absolute atomic E-state index is 13.6. The maximum Gasteiger partial charge on any atom is 0.271 e. The Labute approximate surface area is 248 Å². The van der Waals surface area contributed by atoms with Gasteiger partial charge in [0.1, 0.15) is 11.5 Å². The number of ether oxygens (including phenoxy) is 2. The average Bonchev–Trinajstić information content (AvgIpc) is 3.40. The minimum atomic E-state index is -3.93. The van der Waals surface area contributed by atoms with Crippen LogP contribution in [0.1, 0.15) is 33.0 Å². The first kappa shape index (κ1) is 30.1. The van der Waals surface area contributed by atoms with Crippen molar-refractivity contribution in [1.82, 2.24) is 9.73 Å². The summed E-state index contributed by atoms with van der Waals surface area (Å²) in [7, 11) is -0.951. The summed E-state index contributed by atoms with van der Waals surface area (Å²) >= 11 is 12.4. The number of carbonyl (C=O) groups is 1. The Morgan fingerprint density at radius 2 is 1.68 bits per heavy atom. The second-order valence-electron chi connectivity index (χ2n) is 8.89. The number of furan rings is 1. The molecule has 1 heterocycles. The highest BCUT2D eigenvalue weighted by Gasteiger charge is 2.27. The number of hydrazone groups is 1. The first-order valence-electron chi connectivity index (χ1n) is 12.3. The first-order valence-corrected chi connectivity index (χ1v) is 14.4. The summed E-state index contributed by atoms with van der Waals surface area (Å²) in [6.45, 7) is 1.78. The minimum Gasteiger partial charge on any atom is -0.493 e. The standard InChI is InChI=1S/C29H27Cl2N3O6S/c1-19-4-11-25(12-5-19)41(36,37)34(17-21-6-8-22(30)15-26(21)31)18-24-10-9-23(40-24)16-32-33-29(35)20-7-13-27(38-2)28(14-20)39-3/h4-16H,17-18H2,1-3H3,(H,33,35)/b32-16-. The minimum absolute atomic E-state index is 0.0162. The number of methoxy groups -OCH3 is 2. The smallest absolute Gasteiger partial charge is 0.271 e. The number of nitrogens with one attached hydrogen (secondary N) is 1. The number of sulfonamides is 1. The fourth-order valence-corrected chi connectivity index (χ4v) is 5.70. The third-order valence-corrected chi connectivity index (χ3v) is 8.43. The van der Waals surface area contributed by atoms with E-state index in [4.69, 9.17) is 37.1 Å². The largest absolute Gasteiger partial charge is 0.493 e. The van der Waals surface area contributed by atoms with Gasteiger partial charge in [-0.3, -0.25) is 4.79 Å². The number of rotatable bonds is 11. The van der Waals surface area contributed by atoms with Crippen molar-refractivity contribution in [1.29, 1.82) is 0 Å². The van der Waals surface area contributed by atoms with Gasteiger partial charge in [-0.05, 0) is 67.1 Å². The molecule has 0 fully saturated rings. The number of hydrogen-bond acceptors (Lipinski definition) is 7. The molecule has 1 aromatic heterocycles. The summed E-state index contributed by atoms with van der Waals surface area (Å²) in [5, 5.41) is 4.74. The molecule has 0 saturated carbocycles. The van der Waals surface area contributed by atoms with Crippen molar-refractivity contribution in [2.24, 2.45) is 5.10 Å². The van der Waals surface area contributed by atoms with Crippen LogP contribution in [0.4, 0.5) is 0 Å². The van der Waals surface area contributed by atoms with Crippen molar-refractivity contribution in [3.63, 3.8) is 0 Å². The molecule has 0 aliphatic rings. The quantitative estimate of drug-likeness (QED) is 0.162. The van der Waals surface area contributed by atoms with Gasteiger partial charge in [0.2, 0.25) is 10.0 Å². The van der Waals surface area contributed by atoms with Gasteiger partial charge >= 0.3 is 0 Å². The molecule has 4 rings (SSSR count). The van der Waals surface area contributed by atoms with Gasteiger partial charge in [0.05, 0.1) is 31.9 Å². The van der Waals surface area contributed by atoms with E-state index in [1.807, 2.05) is 6.92 Å². The van der Waals surface area contributed by atoms with Crippen molar-refractivity contribution in [3.8, 4) is 11.5 Å². The molecule has 9 nitrogen and oxygen atoms in total. The van der Waals surface area contributed by atoms with E-state index in [0.717, 1.165) is 5.56 Å². The lowest BCUT2D eigenvalue weighted by Gasteiger charge is -2.22. The Kier molecular flexibility index (Phi) is 9.72. The normalized spacial score (nSPS) is 11.7. The number of amides is 1. The molecule has 0 atom stereocenters. The van der Waals surface area contributed by atoms with E-state index in [-0.39, 0.29) is 18.0 Å². The van der Waals surface area contributed by atoms with Crippen molar-refractivity contribution >= 4 is 45.3 Å². The highest BCUT2D eigenvalue weighted by Crippen LogP contribution is 2.28. The molecule has 3 aromatic carbocycles. The molecule has 0 unspecified atom stereocenters. The average molecular weight is 617 g/mol. The van der Waals surface area contributed by atoms with Gasteiger partial charge in [0, 0.05) is 22.2 Å². The van der Waals surface area contributed by atoms with Gasteiger partial charge in [0.15, 0.2) is 11.5 Å². The van der Waals surface area contributed by atoms with Crippen LogP contribution in [0, 0.1) is 6.92 Å². The number of carbonyl (C=O) groups excluding carboxylic acids is 1. The number of benzene rings is 3. The van der Waals surface area contributed by atoms with Gasteiger partial charge in [0.25, 0.3) is 5.91 Å². The molecule has 0 radical (unpaired) electrons. The molecule has 214 valence electrons. The van der Waals surface area contributed by atoms with E-state index < -0.39 is 15.9 Å². The second-order valence-corrected chi connectivity index (χ2v) is 11.7. The lowest BCUT2D eigenvalue weighted by molar-refractivity contribution is 0.0954. The lowest BCUT2D eigenvalue weighted by Crippen LogP contribution is -2.30. The van der Waals surface area contributed by atoms with E-state index >= 15 is 0 Å². The van der Waals surface area contributed by atoms with E-state index in [2.05, 4.69) is 10.5 Å². The Bertz CT molecular complexity index is 1670. The van der Waals surface area contributed by atoms with Gasteiger partial charge in [-0.15, -0.1) is 0 Å². The maximum atomic E-state index is 13.6. The molecular weight excluding hydrogens is 589 g/mol. The molecule has 1 N–H and O–H groups in total. The van der Waals surface area contributed by atoms with Crippen LogP contribution >= 0.6 is 23.2 Å². The molecule has 41 heavy (non-hydrogen) atoms. The second kappa shape index (κ2) is 13.2. The first-order chi connectivity index (χ1) is 19.6. The van der Waals surface area contributed by atoms with Gasteiger partial charge < -0.3 is 13.9 Å². The predicted molar refractivity (Wildman–Crippen MR) is 157 cm³/mol. The topological polar surface area (TPSA) is 110 Å². The van der Waals surface area contributed by atoms with Gasteiger partial charge in [-0.2, -0.15) is 9.41 Å². The Morgan fingerprint density at radius 1 is 0.951 bits per heavy atom. The SMILES string of the molecule is COc1ccc(C(=O)N/N=C\c2ccc(CN(Cc3ccc(Cl)cc3Cl)S(=O)(=O)c3ccc(C)cc3)o2)cc1OC. The van der Waals surface area contributed by atoms with E-state index in [1.165, 1.54) is 30.8 Å². The van der Waals surface area contributed by atoms with Crippen LogP contribution in [0.15, 0.2) is 87.2 Å². The summed E-state index contributed by atoms with van der Waals surface area (Å²) in [5.41, 5.74) is 4.26. The summed E-state index contributed by atoms with van der Waals surface area (Å²) in [5.74, 6) is 1.10. The molecule has 12 heteroatoms. The van der Waals surface area contributed by atoms with Crippen molar-refractivity contribution in [2.45, 2.75) is 24.9 Å². The van der Waals surface area contributed by atoms with Crippen LogP contribution in [0.3, 0.4) is 0 Å². The van der Waals surface area contributed by atoms with Crippen LogP contribution in [0.25, 0.3) is 0 Å². The van der Waals surface area contributed by atoms with Crippen LogP contribution in [0.2, 0.25) is 10.0 Å². The number of hydrogen-bond donors (Lipinski definition) is 1.